The molecule has 0 bridgehead atoms. The third-order valence-electron chi connectivity index (χ3n) is 5.11. The summed E-state index contributed by atoms with van der Waals surface area (Å²) in [6.45, 7) is 2.82. The van der Waals surface area contributed by atoms with Crippen LogP contribution in [0.1, 0.15) is 22.8 Å². The molecule has 1 heterocycles. The summed E-state index contributed by atoms with van der Waals surface area (Å²) in [4.78, 5) is 41.2. The minimum absolute atomic E-state index is 0.0263. The molecular weight excluding hydrogens is 389 g/mol. The molecule has 1 N–H and O–H groups in total. The molecular formula is C22H24FN3O4. The lowest BCUT2D eigenvalue weighted by molar-refractivity contribution is -0.130. The van der Waals surface area contributed by atoms with Gasteiger partial charge in [0.1, 0.15) is 12.4 Å². The Balaban J connectivity index is 1.81. The van der Waals surface area contributed by atoms with Crippen LogP contribution in [0.5, 0.6) is 0 Å². The number of piperazine rings is 1. The van der Waals surface area contributed by atoms with Crippen LogP contribution in [0.15, 0.2) is 48.5 Å². The Morgan fingerprint density at radius 3 is 2.20 bits per heavy atom. The molecule has 1 saturated heterocycles. The lowest BCUT2D eigenvalue weighted by Crippen LogP contribution is -2.53. The maximum Gasteiger partial charge on any atom is 0.324 e. The number of amides is 3. The van der Waals surface area contributed by atoms with E-state index in [1.54, 1.807) is 46.2 Å². The summed E-state index contributed by atoms with van der Waals surface area (Å²) in [5.74, 6) is -0.861. The standard InChI is InChI=1S/C22H24FN3O4/c1-16(28)24-9-11-25(12-10-24)22(30)26(20-4-2-3-19(23)13-20)14-17-5-7-18(8-6-17)21(29)15-27/h2-8,13,27H,9-12,14-15H2,1H3. The summed E-state index contributed by atoms with van der Waals surface area (Å²) in [5.41, 5.74) is 1.55. The van der Waals surface area contributed by atoms with Gasteiger partial charge in [-0.1, -0.05) is 30.3 Å². The van der Waals surface area contributed by atoms with Crippen LogP contribution < -0.4 is 4.90 Å². The number of rotatable bonds is 5. The molecule has 7 nitrogen and oxygen atoms in total. The second kappa shape index (κ2) is 9.49. The molecule has 1 aliphatic rings. The molecule has 2 aromatic carbocycles. The van der Waals surface area contributed by atoms with Gasteiger partial charge in [-0.05, 0) is 23.8 Å². The first kappa shape index (κ1) is 21.4. The van der Waals surface area contributed by atoms with Crippen LogP contribution in [0.25, 0.3) is 0 Å². The summed E-state index contributed by atoms with van der Waals surface area (Å²) in [6, 6.07) is 12.1. The number of Topliss-reactive ketones (excluding diaryl/α,β-unsaturated/α-hetero) is 1. The van der Waals surface area contributed by atoms with Crippen molar-refractivity contribution in [2.24, 2.45) is 0 Å². The van der Waals surface area contributed by atoms with Crippen LogP contribution in [-0.4, -0.2) is 65.4 Å². The number of urea groups is 1. The number of aliphatic hydroxyl groups is 1. The van der Waals surface area contributed by atoms with Crippen molar-refractivity contribution in [1.29, 1.82) is 0 Å². The van der Waals surface area contributed by atoms with E-state index in [0.717, 1.165) is 5.56 Å². The Kier molecular flexibility index (Phi) is 6.79. The van der Waals surface area contributed by atoms with Gasteiger partial charge in [-0.2, -0.15) is 0 Å². The first-order valence-electron chi connectivity index (χ1n) is 9.69. The van der Waals surface area contributed by atoms with Gasteiger partial charge in [0.15, 0.2) is 5.78 Å². The lowest BCUT2D eigenvalue weighted by Gasteiger charge is -2.37. The van der Waals surface area contributed by atoms with Crippen molar-refractivity contribution in [2.45, 2.75) is 13.5 Å². The Morgan fingerprint density at radius 1 is 1.00 bits per heavy atom. The molecule has 1 aliphatic heterocycles. The van der Waals surface area contributed by atoms with Crippen molar-refractivity contribution in [3.8, 4) is 0 Å². The fraction of sp³-hybridized carbons (Fsp3) is 0.318. The zero-order valence-corrected chi connectivity index (χ0v) is 16.8. The van der Waals surface area contributed by atoms with E-state index in [1.807, 2.05) is 0 Å². The molecule has 2 aromatic rings. The Labute approximate surface area is 174 Å². The number of aliphatic hydroxyl groups excluding tert-OH is 1. The predicted octanol–water partition coefficient (Wildman–Crippen LogP) is 2.29. The summed E-state index contributed by atoms with van der Waals surface area (Å²) < 4.78 is 13.8. The number of halogens is 1. The minimum Gasteiger partial charge on any atom is -0.388 e. The fourth-order valence-electron chi connectivity index (χ4n) is 3.37. The molecule has 0 radical (unpaired) electrons. The van der Waals surface area contributed by atoms with E-state index in [9.17, 15) is 18.8 Å². The Bertz CT molecular complexity index is 924. The Morgan fingerprint density at radius 2 is 1.63 bits per heavy atom. The van der Waals surface area contributed by atoms with E-state index < -0.39 is 12.4 Å². The van der Waals surface area contributed by atoms with Gasteiger partial charge in [0.05, 0.1) is 6.54 Å². The van der Waals surface area contributed by atoms with Crippen molar-refractivity contribution >= 4 is 23.4 Å². The third kappa shape index (κ3) is 5.01. The van der Waals surface area contributed by atoms with E-state index in [1.165, 1.54) is 24.0 Å². The zero-order chi connectivity index (χ0) is 21.7. The van der Waals surface area contributed by atoms with E-state index in [-0.39, 0.29) is 24.3 Å². The number of benzene rings is 2. The van der Waals surface area contributed by atoms with Crippen LogP contribution in [0, 0.1) is 5.82 Å². The minimum atomic E-state index is -0.570. The van der Waals surface area contributed by atoms with Gasteiger partial charge in [0.25, 0.3) is 0 Å². The molecule has 3 amide bonds. The summed E-state index contributed by atoms with van der Waals surface area (Å²) in [5, 5.41) is 8.98. The smallest absolute Gasteiger partial charge is 0.324 e. The highest BCUT2D eigenvalue weighted by atomic mass is 19.1. The number of carbonyl (C=O) groups excluding carboxylic acids is 3. The quantitative estimate of drug-likeness (QED) is 0.763. The highest BCUT2D eigenvalue weighted by molar-refractivity contribution is 5.97. The predicted molar refractivity (Wildman–Crippen MR) is 110 cm³/mol. The van der Waals surface area contributed by atoms with Gasteiger partial charge in [-0.3, -0.25) is 14.5 Å². The molecule has 0 saturated carbocycles. The third-order valence-corrected chi connectivity index (χ3v) is 5.11. The van der Waals surface area contributed by atoms with Gasteiger partial charge < -0.3 is 14.9 Å². The van der Waals surface area contributed by atoms with Gasteiger partial charge in [0, 0.05) is 44.4 Å². The van der Waals surface area contributed by atoms with Crippen LogP contribution >= 0.6 is 0 Å². The number of ketones is 1. The van der Waals surface area contributed by atoms with Crippen molar-refractivity contribution in [2.75, 3.05) is 37.7 Å². The number of hydrogen-bond acceptors (Lipinski definition) is 4. The van der Waals surface area contributed by atoms with Crippen LogP contribution in [0.2, 0.25) is 0 Å². The maximum atomic E-state index is 13.8. The maximum absolute atomic E-state index is 13.8. The second-order valence-corrected chi connectivity index (χ2v) is 7.12. The van der Waals surface area contributed by atoms with Crippen LogP contribution in [0.3, 0.4) is 0 Å². The van der Waals surface area contributed by atoms with Gasteiger partial charge in [0.2, 0.25) is 5.91 Å². The molecule has 0 atom stereocenters. The number of nitrogens with zero attached hydrogens (tertiary/aromatic N) is 3. The zero-order valence-electron chi connectivity index (χ0n) is 16.8. The SMILES string of the molecule is CC(=O)N1CCN(C(=O)N(Cc2ccc(C(=O)CO)cc2)c2cccc(F)c2)CC1. The molecule has 8 heteroatoms. The normalized spacial score (nSPS) is 13.8. The van der Waals surface area contributed by atoms with E-state index in [4.69, 9.17) is 5.11 Å². The lowest BCUT2D eigenvalue weighted by atomic mass is 10.1. The highest BCUT2D eigenvalue weighted by Gasteiger charge is 2.27. The molecule has 0 spiro atoms. The first-order chi connectivity index (χ1) is 14.4. The fourth-order valence-corrected chi connectivity index (χ4v) is 3.37. The number of anilines is 1. The molecule has 3 rings (SSSR count). The van der Waals surface area contributed by atoms with Crippen LogP contribution in [-0.2, 0) is 11.3 Å². The highest BCUT2D eigenvalue weighted by Crippen LogP contribution is 2.21. The molecule has 0 aliphatic carbocycles. The van der Waals surface area contributed by atoms with Gasteiger partial charge in [-0.15, -0.1) is 0 Å². The molecule has 158 valence electrons. The monoisotopic (exact) mass is 413 g/mol. The Hall–Kier alpha value is -3.26. The molecule has 0 aromatic heterocycles. The van der Waals surface area contributed by atoms with Crippen molar-refractivity contribution in [1.82, 2.24) is 9.80 Å². The second-order valence-electron chi connectivity index (χ2n) is 7.12. The van der Waals surface area contributed by atoms with E-state index in [0.29, 0.717) is 37.4 Å². The van der Waals surface area contributed by atoms with Crippen LogP contribution in [0.4, 0.5) is 14.9 Å². The number of hydrogen-bond donors (Lipinski definition) is 1. The summed E-state index contributed by atoms with van der Waals surface area (Å²) in [6.07, 6.45) is 0. The molecule has 0 unspecified atom stereocenters. The van der Waals surface area contributed by atoms with Gasteiger partial charge >= 0.3 is 6.03 Å². The first-order valence-corrected chi connectivity index (χ1v) is 9.69. The van der Waals surface area contributed by atoms with Crippen molar-refractivity contribution in [3.05, 3.63) is 65.5 Å². The van der Waals surface area contributed by atoms with Gasteiger partial charge in [-0.25, -0.2) is 9.18 Å². The number of carbonyl (C=O) groups is 3. The molecule has 30 heavy (non-hydrogen) atoms. The largest absolute Gasteiger partial charge is 0.388 e. The average molecular weight is 413 g/mol. The summed E-state index contributed by atoms with van der Waals surface area (Å²) >= 11 is 0. The molecule has 1 fully saturated rings. The topological polar surface area (TPSA) is 81.2 Å². The van der Waals surface area contributed by atoms with E-state index in [2.05, 4.69) is 0 Å². The average Bonchev–Trinajstić information content (AvgIpc) is 2.77. The summed E-state index contributed by atoms with van der Waals surface area (Å²) in [7, 11) is 0. The van der Waals surface area contributed by atoms with E-state index >= 15 is 0 Å². The van der Waals surface area contributed by atoms with Crippen molar-refractivity contribution in [3.63, 3.8) is 0 Å². The van der Waals surface area contributed by atoms with Crippen molar-refractivity contribution < 1.29 is 23.9 Å².